The Morgan fingerprint density at radius 1 is 1.22 bits per heavy atom. The second kappa shape index (κ2) is 5.65. The fraction of sp³-hybridized carbons (Fsp3) is 0.0714. The summed E-state index contributed by atoms with van der Waals surface area (Å²) < 4.78 is 19.6. The number of ether oxygens (including phenoxy) is 1. The molecule has 0 aliphatic rings. The van der Waals surface area contributed by atoms with E-state index in [9.17, 15) is 4.39 Å². The van der Waals surface area contributed by atoms with Gasteiger partial charge in [-0.2, -0.15) is 5.26 Å². The van der Waals surface area contributed by atoms with Crippen LogP contribution in [-0.4, -0.2) is 0 Å². The first-order chi connectivity index (χ1) is 8.70. The molecule has 0 aromatic heterocycles. The molecule has 0 aliphatic carbocycles. The molecular weight excluding hydrogens is 297 g/mol. The quantitative estimate of drug-likeness (QED) is 0.857. The van der Waals surface area contributed by atoms with Crippen molar-refractivity contribution in [2.45, 2.75) is 6.61 Å². The molecule has 0 spiro atoms. The van der Waals surface area contributed by atoms with Gasteiger partial charge in [0, 0.05) is 5.56 Å². The molecule has 0 saturated carbocycles. The molecule has 0 amide bonds. The molecule has 0 bridgehead atoms. The Balaban J connectivity index is 2.12. The van der Waals surface area contributed by atoms with Crippen LogP contribution < -0.4 is 4.74 Å². The van der Waals surface area contributed by atoms with Crippen LogP contribution >= 0.6 is 15.9 Å². The molecule has 0 heterocycles. The van der Waals surface area contributed by atoms with Gasteiger partial charge in [0.2, 0.25) is 0 Å². The molecule has 0 saturated heterocycles. The van der Waals surface area contributed by atoms with Crippen molar-refractivity contribution in [2.24, 2.45) is 0 Å². The van der Waals surface area contributed by atoms with Gasteiger partial charge in [0.25, 0.3) is 0 Å². The van der Waals surface area contributed by atoms with Crippen LogP contribution in [0, 0.1) is 17.1 Å². The highest BCUT2D eigenvalue weighted by Gasteiger charge is 2.05. The lowest BCUT2D eigenvalue weighted by atomic mass is 10.2. The van der Waals surface area contributed by atoms with Crippen LogP contribution in [-0.2, 0) is 6.61 Å². The van der Waals surface area contributed by atoms with E-state index in [0.717, 1.165) is 0 Å². The maximum absolute atomic E-state index is 13.4. The van der Waals surface area contributed by atoms with Crippen LogP contribution in [0.1, 0.15) is 11.1 Å². The van der Waals surface area contributed by atoms with Crippen molar-refractivity contribution in [1.82, 2.24) is 0 Å². The number of nitrogens with zero attached hydrogens (tertiary/aromatic N) is 1. The first-order valence-corrected chi connectivity index (χ1v) is 6.06. The highest BCUT2D eigenvalue weighted by molar-refractivity contribution is 9.10. The summed E-state index contributed by atoms with van der Waals surface area (Å²) in [5.74, 6) is 0.291. The van der Waals surface area contributed by atoms with Gasteiger partial charge in [-0.3, -0.25) is 0 Å². The van der Waals surface area contributed by atoms with Gasteiger partial charge in [0.1, 0.15) is 18.2 Å². The van der Waals surface area contributed by atoms with Crippen molar-refractivity contribution < 1.29 is 9.13 Å². The minimum Gasteiger partial charge on any atom is -0.488 e. The molecule has 0 aliphatic heterocycles. The minimum absolute atomic E-state index is 0.150. The number of nitriles is 1. The molecular formula is C14H9BrFNO. The van der Waals surface area contributed by atoms with Gasteiger partial charge in [-0.15, -0.1) is 0 Å². The zero-order valence-corrected chi connectivity index (χ0v) is 10.9. The number of rotatable bonds is 3. The smallest absolute Gasteiger partial charge is 0.134 e. The molecule has 0 fully saturated rings. The molecule has 0 radical (unpaired) electrons. The van der Waals surface area contributed by atoms with Crippen molar-refractivity contribution in [2.75, 3.05) is 0 Å². The largest absolute Gasteiger partial charge is 0.488 e. The summed E-state index contributed by atoms with van der Waals surface area (Å²) in [6, 6.07) is 13.5. The van der Waals surface area contributed by atoms with Crippen molar-refractivity contribution >= 4 is 15.9 Å². The Kier molecular flexibility index (Phi) is 3.96. The second-order valence-corrected chi connectivity index (χ2v) is 4.49. The van der Waals surface area contributed by atoms with Crippen molar-refractivity contribution in [3.63, 3.8) is 0 Å². The Morgan fingerprint density at radius 3 is 2.67 bits per heavy atom. The molecule has 2 rings (SSSR count). The summed E-state index contributed by atoms with van der Waals surface area (Å²) in [6.45, 7) is 0.150. The van der Waals surface area contributed by atoms with E-state index in [0.29, 0.717) is 21.3 Å². The maximum atomic E-state index is 13.4. The van der Waals surface area contributed by atoms with E-state index in [1.807, 2.05) is 6.07 Å². The third-order valence-corrected chi connectivity index (χ3v) is 3.02. The Labute approximate surface area is 113 Å². The lowest BCUT2D eigenvalue weighted by Gasteiger charge is -2.08. The number of hydrogen-bond acceptors (Lipinski definition) is 2. The first kappa shape index (κ1) is 12.6. The van der Waals surface area contributed by atoms with E-state index in [-0.39, 0.29) is 12.4 Å². The van der Waals surface area contributed by atoms with Crippen LogP contribution in [0.4, 0.5) is 4.39 Å². The summed E-state index contributed by atoms with van der Waals surface area (Å²) in [7, 11) is 0. The fourth-order valence-corrected chi connectivity index (χ4v) is 1.95. The Morgan fingerprint density at radius 2 is 2.00 bits per heavy atom. The average molecular weight is 306 g/mol. The summed E-state index contributed by atoms with van der Waals surface area (Å²) >= 11 is 3.31. The van der Waals surface area contributed by atoms with Gasteiger partial charge < -0.3 is 4.74 Å². The standard InChI is InChI=1S/C14H9BrFNO/c15-12-7-10(8-17)5-6-14(12)18-9-11-3-1-2-4-13(11)16/h1-7H,9H2. The van der Waals surface area contributed by atoms with E-state index in [1.54, 1.807) is 36.4 Å². The predicted molar refractivity (Wildman–Crippen MR) is 69.6 cm³/mol. The molecule has 2 aromatic carbocycles. The summed E-state index contributed by atoms with van der Waals surface area (Å²) in [6.07, 6.45) is 0. The first-order valence-electron chi connectivity index (χ1n) is 5.26. The molecule has 0 atom stereocenters. The fourth-order valence-electron chi connectivity index (χ4n) is 1.46. The molecule has 0 N–H and O–H groups in total. The monoisotopic (exact) mass is 305 g/mol. The highest BCUT2D eigenvalue weighted by atomic mass is 79.9. The molecule has 0 unspecified atom stereocenters. The Hall–Kier alpha value is -1.86. The minimum atomic E-state index is -0.290. The van der Waals surface area contributed by atoms with Crippen LogP contribution in [0.3, 0.4) is 0 Å². The predicted octanol–water partition coefficient (Wildman–Crippen LogP) is 4.04. The highest BCUT2D eigenvalue weighted by Crippen LogP contribution is 2.26. The van der Waals surface area contributed by atoms with E-state index < -0.39 is 0 Å². The average Bonchev–Trinajstić information content (AvgIpc) is 2.39. The lowest BCUT2D eigenvalue weighted by Crippen LogP contribution is -1.98. The zero-order chi connectivity index (χ0) is 13.0. The number of halogens is 2. The van der Waals surface area contributed by atoms with Gasteiger partial charge in [0.15, 0.2) is 0 Å². The van der Waals surface area contributed by atoms with Crippen molar-refractivity contribution in [1.29, 1.82) is 5.26 Å². The normalized spacial score (nSPS) is 9.83. The zero-order valence-electron chi connectivity index (χ0n) is 9.36. The summed E-state index contributed by atoms with van der Waals surface area (Å²) in [5, 5.41) is 8.74. The van der Waals surface area contributed by atoms with E-state index in [2.05, 4.69) is 15.9 Å². The van der Waals surface area contributed by atoms with Gasteiger partial charge >= 0.3 is 0 Å². The topological polar surface area (TPSA) is 33.0 Å². The van der Waals surface area contributed by atoms with Crippen molar-refractivity contribution in [3.8, 4) is 11.8 Å². The van der Waals surface area contributed by atoms with Gasteiger partial charge in [-0.1, -0.05) is 18.2 Å². The number of hydrogen-bond donors (Lipinski definition) is 0. The molecule has 4 heteroatoms. The van der Waals surface area contributed by atoms with Gasteiger partial charge in [-0.05, 0) is 40.2 Å². The Bertz CT molecular complexity index is 607. The van der Waals surface area contributed by atoms with E-state index in [4.69, 9.17) is 10.00 Å². The third-order valence-electron chi connectivity index (χ3n) is 2.40. The van der Waals surface area contributed by atoms with Crippen LogP contribution in [0.15, 0.2) is 46.9 Å². The second-order valence-electron chi connectivity index (χ2n) is 3.64. The van der Waals surface area contributed by atoms with Crippen LogP contribution in [0.2, 0.25) is 0 Å². The van der Waals surface area contributed by atoms with Crippen LogP contribution in [0.5, 0.6) is 5.75 Å². The molecule has 90 valence electrons. The summed E-state index contributed by atoms with van der Waals surface area (Å²) in [5.41, 5.74) is 1.04. The molecule has 18 heavy (non-hydrogen) atoms. The third kappa shape index (κ3) is 2.88. The van der Waals surface area contributed by atoms with Crippen molar-refractivity contribution in [3.05, 3.63) is 63.9 Å². The van der Waals surface area contributed by atoms with E-state index in [1.165, 1.54) is 6.07 Å². The SMILES string of the molecule is N#Cc1ccc(OCc2ccccc2F)c(Br)c1. The number of benzene rings is 2. The molecule has 2 nitrogen and oxygen atoms in total. The van der Waals surface area contributed by atoms with Gasteiger partial charge in [0.05, 0.1) is 16.1 Å². The molecule has 2 aromatic rings. The lowest BCUT2D eigenvalue weighted by molar-refractivity contribution is 0.298. The van der Waals surface area contributed by atoms with E-state index >= 15 is 0 Å². The van der Waals surface area contributed by atoms with Gasteiger partial charge in [-0.25, -0.2) is 4.39 Å². The van der Waals surface area contributed by atoms with Crippen LogP contribution in [0.25, 0.3) is 0 Å². The maximum Gasteiger partial charge on any atom is 0.134 e. The summed E-state index contributed by atoms with van der Waals surface area (Å²) in [4.78, 5) is 0.